The van der Waals surface area contributed by atoms with Crippen LogP contribution in [0.2, 0.25) is 0 Å². The summed E-state index contributed by atoms with van der Waals surface area (Å²) in [6.07, 6.45) is 0.334. The molecular formula is C27H24O4S. The van der Waals surface area contributed by atoms with Gasteiger partial charge in [-0.1, -0.05) is 48.5 Å². The van der Waals surface area contributed by atoms with Gasteiger partial charge in [-0.15, -0.1) is 11.3 Å². The quantitative estimate of drug-likeness (QED) is 0.290. The summed E-state index contributed by atoms with van der Waals surface area (Å²) >= 11 is 1.68. The molecule has 4 nitrogen and oxygen atoms in total. The highest BCUT2D eigenvalue weighted by Gasteiger charge is 2.18. The molecule has 0 atom stereocenters. The molecule has 5 heteroatoms. The van der Waals surface area contributed by atoms with Crippen LogP contribution in [0.3, 0.4) is 0 Å². The number of carbonyl (C=O) groups excluding carboxylic acids is 1. The number of ketones is 1. The molecule has 0 saturated carbocycles. The van der Waals surface area contributed by atoms with E-state index in [0.29, 0.717) is 29.2 Å². The fourth-order valence-electron chi connectivity index (χ4n) is 3.81. The Balaban J connectivity index is 1.67. The number of Topliss-reactive ketones (excluding diaryl/α,β-unsaturated/α-hetero) is 1. The molecule has 0 aliphatic rings. The minimum Gasteiger partial charge on any atom is -0.493 e. The monoisotopic (exact) mass is 444 g/mol. The highest BCUT2D eigenvalue weighted by Crippen LogP contribution is 2.44. The zero-order valence-electron chi connectivity index (χ0n) is 18.3. The molecule has 0 unspecified atom stereocenters. The van der Waals surface area contributed by atoms with Crippen LogP contribution in [0.1, 0.15) is 15.9 Å². The Morgan fingerprint density at radius 2 is 1.59 bits per heavy atom. The number of benzene rings is 3. The SMILES string of the molecule is COc1ccc(-c2cccc(C(=O)Cc3ccccc3-c3cccs3)c2)c(OC)c1OC. The normalized spacial score (nSPS) is 10.6. The first-order chi connectivity index (χ1) is 15.7. The summed E-state index contributed by atoms with van der Waals surface area (Å²) < 4.78 is 16.5. The van der Waals surface area contributed by atoms with Crippen LogP contribution in [0.15, 0.2) is 78.2 Å². The van der Waals surface area contributed by atoms with E-state index in [0.717, 1.165) is 27.1 Å². The van der Waals surface area contributed by atoms with Crippen molar-refractivity contribution in [2.45, 2.75) is 6.42 Å². The van der Waals surface area contributed by atoms with E-state index in [1.807, 2.05) is 66.0 Å². The van der Waals surface area contributed by atoms with E-state index in [2.05, 4.69) is 12.1 Å². The molecule has 0 spiro atoms. The van der Waals surface area contributed by atoms with E-state index in [9.17, 15) is 4.79 Å². The molecule has 4 aromatic rings. The van der Waals surface area contributed by atoms with Crippen LogP contribution in [0.25, 0.3) is 21.6 Å². The molecule has 0 fully saturated rings. The largest absolute Gasteiger partial charge is 0.493 e. The number of thiophene rings is 1. The lowest BCUT2D eigenvalue weighted by Gasteiger charge is -2.16. The Kier molecular flexibility index (Phi) is 6.57. The smallest absolute Gasteiger partial charge is 0.203 e. The summed E-state index contributed by atoms with van der Waals surface area (Å²) in [5.41, 5.74) is 4.49. The van der Waals surface area contributed by atoms with Crippen molar-refractivity contribution in [3.8, 4) is 38.8 Å². The van der Waals surface area contributed by atoms with Crippen molar-refractivity contribution >= 4 is 17.1 Å². The standard InChI is InChI=1S/C27H24O4S/c1-29-24-14-13-22(26(30-2)27(24)31-3)18-9-6-10-20(16-18)23(28)17-19-8-4-5-11-21(19)25-12-7-15-32-25/h4-16H,17H2,1-3H3. The number of hydrogen-bond acceptors (Lipinski definition) is 5. The summed E-state index contributed by atoms with van der Waals surface area (Å²) in [7, 11) is 4.76. The maximum absolute atomic E-state index is 13.2. The molecule has 1 aromatic heterocycles. The Labute approximate surface area is 192 Å². The predicted molar refractivity (Wildman–Crippen MR) is 129 cm³/mol. The van der Waals surface area contributed by atoms with Crippen molar-refractivity contribution in [1.82, 2.24) is 0 Å². The molecule has 0 saturated heterocycles. The first-order valence-electron chi connectivity index (χ1n) is 10.2. The van der Waals surface area contributed by atoms with Gasteiger partial charge < -0.3 is 14.2 Å². The minimum atomic E-state index is 0.0651. The van der Waals surface area contributed by atoms with Crippen LogP contribution < -0.4 is 14.2 Å². The van der Waals surface area contributed by atoms with Gasteiger partial charge in [0.15, 0.2) is 17.3 Å². The molecule has 32 heavy (non-hydrogen) atoms. The first-order valence-corrected chi connectivity index (χ1v) is 11.1. The Morgan fingerprint density at radius 3 is 2.31 bits per heavy atom. The van der Waals surface area contributed by atoms with Gasteiger partial charge >= 0.3 is 0 Å². The van der Waals surface area contributed by atoms with Gasteiger partial charge in [-0.3, -0.25) is 4.79 Å². The Morgan fingerprint density at radius 1 is 0.781 bits per heavy atom. The molecule has 0 N–H and O–H groups in total. The van der Waals surface area contributed by atoms with Crippen molar-refractivity contribution in [3.63, 3.8) is 0 Å². The molecule has 0 amide bonds. The zero-order chi connectivity index (χ0) is 22.5. The van der Waals surface area contributed by atoms with E-state index >= 15 is 0 Å². The Hall–Kier alpha value is -3.57. The van der Waals surface area contributed by atoms with Crippen molar-refractivity contribution in [2.24, 2.45) is 0 Å². The van der Waals surface area contributed by atoms with Crippen molar-refractivity contribution in [3.05, 3.63) is 89.3 Å². The van der Waals surface area contributed by atoms with E-state index < -0.39 is 0 Å². The van der Waals surface area contributed by atoms with Gasteiger partial charge in [0.25, 0.3) is 0 Å². The van der Waals surface area contributed by atoms with Gasteiger partial charge in [0.2, 0.25) is 5.75 Å². The summed E-state index contributed by atoms with van der Waals surface area (Å²) in [6, 6.07) is 23.5. The van der Waals surface area contributed by atoms with E-state index in [1.54, 1.807) is 32.7 Å². The zero-order valence-corrected chi connectivity index (χ0v) is 19.1. The van der Waals surface area contributed by atoms with Crippen molar-refractivity contribution < 1.29 is 19.0 Å². The predicted octanol–water partition coefficient (Wildman–Crippen LogP) is 6.53. The fraction of sp³-hybridized carbons (Fsp3) is 0.148. The van der Waals surface area contributed by atoms with Crippen LogP contribution in [-0.2, 0) is 6.42 Å². The lowest BCUT2D eigenvalue weighted by atomic mass is 9.95. The summed E-state index contributed by atoms with van der Waals surface area (Å²) in [6.45, 7) is 0. The molecular weight excluding hydrogens is 420 g/mol. The molecule has 3 aromatic carbocycles. The fourth-order valence-corrected chi connectivity index (χ4v) is 4.60. The molecule has 4 rings (SSSR count). The second-order valence-electron chi connectivity index (χ2n) is 7.20. The van der Waals surface area contributed by atoms with Crippen LogP contribution in [0.4, 0.5) is 0 Å². The van der Waals surface area contributed by atoms with Crippen LogP contribution in [0.5, 0.6) is 17.2 Å². The third kappa shape index (κ3) is 4.25. The number of carbonyl (C=O) groups is 1. The lowest BCUT2D eigenvalue weighted by molar-refractivity contribution is 0.0993. The molecule has 0 radical (unpaired) electrons. The van der Waals surface area contributed by atoms with Gasteiger partial charge in [0, 0.05) is 22.4 Å². The summed E-state index contributed by atoms with van der Waals surface area (Å²) in [4.78, 5) is 14.4. The van der Waals surface area contributed by atoms with E-state index in [-0.39, 0.29) is 5.78 Å². The average molecular weight is 445 g/mol. The van der Waals surface area contributed by atoms with Gasteiger partial charge in [0.05, 0.1) is 21.3 Å². The van der Waals surface area contributed by atoms with Gasteiger partial charge in [0.1, 0.15) is 0 Å². The average Bonchev–Trinajstić information content (AvgIpc) is 3.38. The van der Waals surface area contributed by atoms with Crippen molar-refractivity contribution in [2.75, 3.05) is 21.3 Å². The number of hydrogen-bond donors (Lipinski definition) is 0. The summed E-state index contributed by atoms with van der Waals surface area (Å²) in [5, 5.41) is 2.05. The molecule has 0 aliphatic heterocycles. The topological polar surface area (TPSA) is 44.8 Å². The van der Waals surface area contributed by atoms with Crippen LogP contribution in [0, 0.1) is 0 Å². The third-order valence-corrected chi connectivity index (χ3v) is 6.26. The highest BCUT2D eigenvalue weighted by molar-refractivity contribution is 7.13. The van der Waals surface area contributed by atoms with Gasteiger partial charge in [-0.25, -0.2) is 0 Å². The molecule has 1 heterocycles. The van der Waals surface area contributed by atoms with Gasteiger partial charge in [-0.2, -0.15) is 0 Å². The summed E-state index contributed by atoms with van der Waals surface area (Å²) in [5.74, 6) is 1.74. The first kappa shape index (κ1) is 21.7. The Bertz CT molecular complexity index is 1230. The molecule has 0 aliphatic carbocycles. The highest BCUT2D eigenvalue weighted by atomic mass is 32.1. The third-order valence-electron chi connectivity index (χ3n) is 5.35. The second kappa shape index (κ2) is 9.71. The number of rotatable bonds is 8. The second-order valence-corrected chi connectivity index (χ2v) is 8.14. The van der Waals surface area contributed by atoms with Gasteiger partial charge in [-0.05, 0) is 46.3 Å². The molecule has 162 valence electrons. The van der Waals surface area contributed by atoms with E-state index in [1.165, 1.54) is 0 Å². The number of methoxy groups -OCH3 is 3. The van der Waals surface area contributed by atoms with Crippen molar-refractivity contribution in [1.29, 1.82) is 0 Å². The lowest BCUT2D eigenvalue weighted by Crippen LogP contribution is -2.05. The van der Waals surface area contributed by atoms with E-state index in [4.69, 9.17) is 14.2 Å². The maximum atomic E-state index is 13.2. The minimum absolute atomic E-state index is 0.0651. The van der Waals surface area contributed by atoms with Crippen LogP contribution in [-0.4, -0.2) is 27.1 Å². The molecule has 0 bridgehead atoms. The number of ether oxygens (including phenoxy) is 3. The van der Waals surface area contributed by atoms with Crippen LogP contribution >= 0.6 is 11.3 Å². The maximum Gasteiger partial charge on any atom is 0.203 e.